The highest BCUT2D eigenvalue weighted by molar-refractivity contribution is 6.04. The maximum absolute atomic E-state index is 12.2. The number of anilines is 1. The number of morpholine rings is 1. The van der Waals surface area contributed by atoms with E-state index >= 15 is 0 Å². The van der Waals surface area contributed by atoms with E-state index < -0.39 is 6.10 Å². The van der Waals surface area contributed by atoms with Gasteiger partial charge in [0.15, 0.2) is 0 Å². The Balaban J connectivity index is 0.00000242. The van der Waals surface area contributed by atoms with Gasteiger partial charge < -0.3 is 20.7 Å². The normalized spacial score (nSPS) is 17.5. The highest BCUT2D eigenvalue weighted by atomic mass is 35.5. The number of nitrogens with one attached hydrogen (secondary N) is 3. The molecule has 7 heteroatoms. The molecule has 0 bridgehead atoms. The summed E-state index contributed by atoms with van der Waals surface area (Å²) in [6.07, 6.45) is -0.528. The summed E-state index contributed by atoms with van der Waals surface area (Å²) in [6.45, 7) is 5.51. The lowest BCUT2D eigenvalue weighted by Crippen LogP contribution is -2.45. The van der Waals surface area contributed by atoms with E-state index in [0.29, 0.717) is 24.4 Å². The molecule has 1 fully saturated rings. The number of rotatable bonds is 4. The Hall–Kier alpha value is -1.63. The molecule has 6 nitrogen and oxygen atoms in total. The Morgan fingerprint density at radius 1 is 1.32 bits per heavy atom. The molecule has 0 spiro atoms. The number of ether oxygens (including phenoxy) is 1. The molecule has 0 aromatic heterocycles. The summed E-state index contributed by atoms with van der Waals surface area (Å²) in [5.74, 6) is -0.449. The monoisotopic (exact) mass is 327 g/mol. The molecular formula is C15H22ClN3O3. The van der Waals surface area contributed by atoms with Gasteiger partial charge in [-0.25, -0.2) is 0 Å². The van der Waals surface area contributed by atoms with Crippen LogP contribution in [0, 0.1) is 0 Å². The van der Waals surface area contributed by atoms with Gasteiger partial charge in [-0.3, -0.25) is 9.59 Å². The van der Waals surface area contributed by atoms with Crippen LogP contribution in [0.25, 0.3) is 0 Å². The van der Waals surface area contributed by atoms with Crippen LogP contribution in [0.4, 0.5) is 5.69 Å². The first-order chi connectivity index (χ1) is 10.1. The van der Waals surface area contributed by atoms with Gasteiger partial charge in [0.2, 0.25) is 0 Å². The molecule has 2 amide bonds. The third kappa shape index (κ3) is 4.98. The zero-order chi connectivity index (χ0) is 15.2. The standard InChI is InChI=1S/C15H21N3O3.ClH/c1-10(2)17-14(19)11-5-3-4-6-12(11)18-15(20)13-9-16-7-8-21-13;/h3-6,10,13,16H,7-9H2,1-2H3,(H,17,19)(H,18,20);1H. The van der Waals surface area contributed by atoms with Crippen molar-refractivity contribution in [3.8, 4) is 0 Å². The maximum atomic E-state index is 12.2. The fourth-order valence-electron chi connectivity index (χ4n) is 2.08. The molecule has 1 saturated heterocycles. The van der Waals surface area contributed by atoms with E-state index in [9.17, 15) is 9.59 Å². The fourth-order valence-corrected chi connectivity index (χ4v) is 2.08. The van der Waals surface area contributed by atoms with Crippen molar-refractivity contribution in [1.82, 2.24) is 10.6 Å². The average Bonchev–Trinajstić information content (AvgIpc) is 2.48. The third-order valence-electron chi connectivity index (χ3n) is 3.07. The zero-order valence-electron chi connectivity index (χ0n) is 12.7. The van der Waals surface area contributed by atoms with Crippen molar-refractivity contribution >= 4 is 29.9 Å². The number of carbonyl (C=O) groups excluding carboxylic acids is 2. The molecule has 122 valence electrons. The molecule has 1 heterocycles. The van der Waals surface area contributed by atoms with Crippen molar-refractivity contribution in [2.75, 3.05) is 25.0 Å². The second kappa shape index (κ2) is 8.73. The first-order valence-electron chi connectivity index (χ1n) is 7.11. The lowest BCUT2D eigenvalue weighted by Gasteiger charge is -2.23. The lowest BCUT2D eigenvalue weighted by molar-refractivity contribution is -0.128. The van der Waals surface area contributed by atoms with Crippen LogP contribution in [0.15, 0.2) is 24.3 Å². The van der Waals surface area contributed by atoms with Crippen molar-refractivity contribution in [2.24, 2.45) is 0 Å². The molecular weight excluding hydrogens is 306 g/mol. The molecule has 1 aliphatic rings. The second-order valence-corrected chi connectivity index (χ2v) is 5.23. The minimum Gasteiger partial charge on any atom is -0.366 e. The van der Waals surface area contributed by atoms with Gasteiger partial charge in [-0.1, -0.05) is 12.1 Å². The van der Waals surface area contributed by atoms with Crippen LogP contribution >= 0.6 is 12.4 Å². The highest BCUT2D eigenvalue weighted by Crippen LogP contribution is 2.16. The van der Waals surface area contributed by atoms with Gasteiger partial charge in [-0.2, -0.15) is 0 Å². The average molecular weight is 328 g/mol. The number of benzene rings is 1. The van der Waals surface area contributed by atoms with Gasteiger partial charge in [0.25, 0.3) is 11.8 Å². The molecule has 0 aliphatic carbocycles. The quantitative estimate of drug-likeness (QED) is 0.775. The summed E-state index contributed by atoms with van der Waals surface area (Å²) >= 11 is 0. The van der Waals surface area contributed by atoms with Gasteiger partial charge >= 0.3 is 0 Å². The van der Waals surface area contributed by atoms with E-state index in [4.69, 9.17) is 4.74 Å². The van der Waals surface area contributed by atoms with Crippen LogP contribution in [0.3, 0.4) is 0 Å². The molecule has 0 saturated carbocycles. The Morgan fingerprint density at radius 3 is 2.68 bits per heavy atom. The van der Waals surface area contributed by atoms with Crippen LogP contribution in [-0.4, -0.2) is 43.7 Å². The predicted molar refractivity (Wildman–Crippen MR) is 87.5 cm³/mol. The molecule has 1 atom stereocenters. The lowest BCUT2D eigenvalue weighted by atomic mass is 10.1. The molecule has 1 aromatic rings. The van der Waals surface area contributed by atoms with E-state index in [-0.39, 0.29) is 30.3 Å². The van der Waals surface area contributed by atoms with Crippen molar-refractivity contribution in [3.05, 3.63) is 29.8 Å². The van der Waals surface area contributed by atoms with Crippen LogP contribution < -0.4 is 16.0 Å². The van der Waals surface area contributed by atoms with Crippen LogP contribution in [0.5, 0.6) is 0 Å². The fraction of sp³-hybridized carbons (Fsp3) is 0.467. The van der Waals surface area contributed by atoms with Crippen LogP contribution in [0.2, 0.25) is 0 Å². The molecule has 1 unspecified atom stereocenters. The molecule has 0 radical (unpaired) electrons. The van der Waals surface area contributed by atoms with Gasteiger partial charge in [0.1, 0.15) is 6.10 Å². The maximum Gasteiger partial charge on any atom is 0.254 e. The Bertz CT molecular complexity index is 517. The summed E-state index contributed by atoms with van der Waals surface area (Å²) in [4.78, 5) is 24.3. The van der Waals surface area contributed by atoms with E-state index in [1.807, 2.05) is 13.8 Å². The Morgan fingerprint density at radius 2 is 2.05 bits per heavy atom. The van der Waals surface area contributed by atoms with Crippen LogP contribution in [0.1, 0.15) is 24.2 Å². The molecule has 1 aromatic carbocycles. The van der Waals surface area contributed by atoms with E-state index in [0.717, 1.165) is 6.54 Å². The predicted octanol–water partition coefficient (Wildman–Crippen LogP) is 1.17. The van der Waals surface area contributed by atoms with Gasteiger partial charge in [0, 0.05) is 19.1 Å². The topological polar surface area (TPSA) is 79.5 Å². The summed E-state index contributed by atoms with van der Waals surface area (Å²) in [7, 11) is 0. The minimum atomic E-state index is -0.528. The second-order valence-electron chi connectivity index (χ2n) is 5.23. The molecule has 3 N–H and O–H groups in total. The van der Waals surface area contributed by atoms with Gasteiger partial charge in [-0.05, 0) is 26.0 Å². The van der Waals surface area contributed by atoms with E-state index in [1.54, 1.807) is 24.3 Å². The smallest absolute Gasteiger partial charge is 0.254 e. The first-order valence-corrected chi connectivity index (χ1v) is 7.11. The number of halogens is 1. The Labute approximate surface area is 136 Å². The number of hydrogen-bond donors (Lipinski definition) is 3. The summed E-state index contributed by atoms with van der Waals surface area (Å²) in [5.41, 5.74) is 0.943. The number of para-hydroxylation sites is 1. The highest BCUT2D eigenvalue weighted by Gasteiger charge is 2.23. The largest absolute Gasteiger partial charge is 0.366 e. The minimum absolute atomic E-state index is 0. The first kappa shape index (κ1) is 18.4. The van der Waals surface area contributed by atoms with Crippen molar-refractivity contribution in [3.63, 3.8) is 0 Å². The third-order valence-corrected chi connectivity index (χ3v) is 3.07. The van der Waals surface area contributed by atoms with Crippen molar-refractivity contribution in [2.45, 2.75) is 26.0 Å². The molecule has 2 rings (SSSR count). The number of amides is 2. The van der Waals surface area contributed by atoms with Crippen molar-refractivity contribution in [1.29, 1.82) is 0 Å². The van der Waals surface area contributed by atoms with Gasteiger partial charge in [-0.15, -0.1) is 12.4 Å². The zero-order valence-corrected chi connectivity index (χ0v) is 13.5. The van der Waals surface area contributed by atoms with E-state index in [1.165, 1.54) is 0 Å². The summed E-state index contributed by atoms with van der Waals surface area (Å²) in [6, 6.07) is 6.98. The number of carbonyl (C=O) groups is 2. The Kier molecular flexibility index (Phi) is 7.31. The van der Waals surface area contributed by atoms with Crippen LogP contribution in [-0.2, 0) is 9.53 Å². The number of hydrogen-bond acceptors (Lipinski definition) is 4. The molecule has 1 aliphatic heterocycles. The van der Waals surface area contributed by atoms with Crippen molar-refractivity contribution < 1.29 is 14.3 Å². The molecule has 22 heavy (non-hydrogen) atoms. The SMILES string of the molecule is CC(C)NC(=O)c1ccccc1NC(=O)C1CNCCO1.Cl. The summed E-state index contributed by atoms with van der Waals surface area (Å²) < 4.78 is 5.40. The summed E-state index contributed by atoms with van der Waals surface area (Å²) in [5, 5.41) is 8.69. The van der Waals surface area contributed by atoms with Gasteiger partial charge in [0.05, 0.1) is 17.9 Å². The van der Waals surface area contributed by atoms with E-state index in [2.05, 4.69) is 16.0 Å².